The molecule has 1 saturated heterocycles. The number of rotatable bonds is 2. The molecule has 1 unspecified atom stereocenters. The molecule has 88 valence electrons. The summed E-state index contributed by atoms with van der Waals surface area (Å²) in [6.45, 7) is 3.80. The molecule has 0 amide bonds. The minimum Gasteiger partial charge on any atom is -0.354 e. The predicted octanol–water partition coefficient (Wildman–Crippen LogP) is 2.57. The summed E-state index contributed by atoms with van der Waals surface area (Å²) in [7, 11) is 0. The molecule has 4 heteroatoms. The van der Waals surface area contributed by atoms with Crippen molar-refractivity contribution >= 4 is 17.4 Å². The number of nitrogens with two attached hydrogens (primary N) is 1. The lowest BCUT2D eigenvalue weighted by atomic mass is 10.0. The van der Waals surface area contributed by atoms with E-state index in [1.165, 1.54) is 19.3 Å². The number of nitrogens with zero attached hydrogens (tertiary/aromatic N) is 2. The number of halogens is 1. The fourth-order valence-electron chi connectivity index (χ4n) is 2.22. The van der Waals surface area contributed by atoms with Crippen LogP contribution in [0, 0.1) is 0 Å². The van der Waals surface area contributed by atoms with E-state index in [2.05, 4.69) is 16.8 Å². The molecule has 0 aliphatic carbocycles. The highest BCUT2D eigenvalue weighted by atomic mass is 35.5. The van der Waals surface area contributed by atoms with Crippen LogP contribution in [0.25, 0.3) is 0 Å². The van der Waals surface area contributed by atoms with E-state index >= 15 is 0 Å². The molecule has 1 atom stereocenters. The van der Waals surface area contributed by atoms with Crippen LogP contribution >= 0.6 is 11.6 Å². The molecule has 0 radical (unpaired) electrons. The molecule has 1 aromatic heterocycles. The lowest BCUT2D eigenvalue weighted by molar-refractivity contribution is 0.481. The molecule has 0 aromatic carbocycles. The van der Waals surface area contributed by atoms with Gasteiger partial charge in [0.25, 0.3) is 0 Å². The third-order valence-corrected chi connectivity index (χ3v) is 3.58. The van der Waals surface area contributed by atoms with Crippen molar-refractivity contribution in [3.63, 3.8) is 0 Å². The fourth-order valence-corrected chi connectivity index (χ4v) is 2.40. The van der Waals surface area contributed by atoms with Crippen LogP contribution < -0.4 is 10.6 Å². The van der Waals surface area contributed by atoms with Crippen molar-refractivity contribution in [3.8, 4) is 0 Å². The lowest BCUT2D eigenvalue weighted by Gasteiger charge is -2.34. The summed E-state index contributed by atoms with van der Waals surface area (Å²) in [5.74, 6) is 1.01. The van der Waals surface area contributed by atoms with Gasteiger partial charge in [-0.2, -0.15) is 0 Å². The van der Waals surface area contributed by atoms with Gasteiger partial charge >= 0.3 is 0 Å². The molecule has 0 spiro atoms. The second-order valence-electron chi connectivity index (χ2n) is 4.38. The zero-order valence-corrected chi connectivity index (χ0v) is 10.4. The van der Waals surface area contributed by atoms with E-state index in [9.17, 15) is 0 Å². The molecule has 1 fully saturated rings. The van der Waals surface area contributed by atoms with Gasteiger partial charge in [-0.15, -0.1) is 0 Å². The summed E-state index contributed by atoms with van der Waals surface area (Å²) >= 11 is 6.01. The molecular formula is C12H18ClN3. The third kappa shape index (κ3) is 2.30. The first-order valence-corrected chi connectivity index (χ1v) is 6.21. The van der Waals surface area contributed by atoms with Crippen molar-refractivity contribution in [2.24, 2.45) is 5.73 Å². The van der Waals surface area contributed by atoms with Gasteiger partial charge in [0, 0.05) is 25.3 Å². The molecule has 1 aliphatic rings. The van der Waals surface area contributed by atoms with Crippen LogP contribution in [-0.4, -0.2) is 17.6 Å². The normalized spacial score (nSPS) is 21.2. The maximum atomic E-state index is 6.01. The Morgan fingerprint density at radius 3 is 3.06 bits per heavy atom. The van der Waals surface area contributed by atoms with Gasteiger partial charge in [-0.25, -0.2) is 4.98 Å². The van der Waals surface area contributed by atoms with E-state index in [4.69, 9.17) is 17.3 Å². The molecule has 16 heavy (non-hydrogen) atoms. The number of aromatic nitrogens is 1. The van der Waals surface area contributed by atoms with Crippen LogP contribution in [0.5, 0.6) is 0 Å². The Bertz CT molecular complexity index is 367. The van der Waals surface area contributed by atoms with Crippen molar-refractivity contribution < 1.29 is 0 Å². The summed E-state index contributed by atoms with van der Waals surface area (Å²) in [5, 5.41) is 0.663. The zero-order chi connectivity index (χ0) is 11.5. The molecule has 3 nitrogen and oxygen atoms in total. The first-order valence-electron chi connectivity index (χ1n) is 5.83. The van der Waals surface area contributed by atoms with Gasteiger partial charge in [0.2, 0.25) is 0 Å². The van der Waals surface area contributed by atoms with E-state index in [0.717, 1.165) is 17.9 Å². The van der Waals surface area contributed by atoms with Crippen molar-refractivity contribution in [1.82, 2.24) is 4.98 Å². The first-order chi connectivity index (χ1) is 7.72. The summed E-state index contributed by atoms with van der Waals surface area (Å²) in [4.78, 5) is 6.75. The third-order valence-electron chi connectivity index (χ3n) is 3.24. The standard InChI is InChI=1S/C12H18ClN3/c1-9-4-2-3-5-16(9)12-6-10(7-14)11(13)8-15-12/h6,8-9H,2-5,7,14H2,1H3. The Morgan fingerprint density at radius 2 is 2.38 bits per heavy atom. The highest BCUT2D eigenvalue weighted by Gasteiger charge is 2.19. The van der Waals surface area contributed by atoms with E-state index in [1.54, 1.807) is 6.20 Å². The van der Waals surface area contributed by atoms with Gasteiger partial charge in [-0.05, 0) is 37.8 Å². The van der Waals surface area contributed by atoms with E-state index in [-0.39, 0.29) is 0 Å². The second-order valence-corrected chi connectivity index (χ2v) is 4.78. The largest absolute Gasteiger partial charge is 0.354 e. The van der Waals surface area contributed by atoms with E-state index in [1.807, 2.05) is 6.07 Å². The summed E-state index contributed by atoms with van der Waals surface area (Å²) < 4.78 is 0. The lowest BCUT2D eigenvalue weighted by Crippen LogP contribution is -2.38. The number of hydrogen-bond acceptors (Lipinski definition) is 3. The average molecular weight is 240 g/mol. The number of hydrogen-bond donors (Lipinski definition) is 1. The highest BCUT2D eigenvalue weighted by Crippen LogP contribution is 2.25. The first kappa shape index (κ1) is 11.7. The monoisotopic (exact) mass is 239 g/mol. The maximum absolute atomic E-state index is 6.01. The van der Waals surface area contributed by atoms with Crippen LogP contribution in [0.3, 0.4) is 0 Å². The second kappa shape index (κ2) is 5.02. The van der Waals surface area contributed by atoms with Gasteiger partial charge in [-0.1, -0.05) is 11.6 Å². The average Bonchev–Trinajstić information content (AvgIpc) is 2.31. The van der Waals surface area contributed by atoms with Crippen LogP contribution in [0.4, 0.5) is 5.82 Å². The van der Waals surface area contributed by atoms with Gasteiger partial charge < -0.3 is 10.6 Å². The SMILES string of the molecule is CC1CCCCN1c1cc(CN)c(Cl)cn1. The Balaban J connectivity index is 2.25. The minimum atomic E-state index is 0.469. The van der Waals surface area contributed by atoms with Gasteiger partial charge in [0.1, 0.15) is 5.82 Å². The summed E-state index contributed by atoms with van der Waals surface area (Å²) in [6.07, 6.45) is 5.50. The van der Waals surface area contributed by atoms with E-state index < -0.39 is 0 Å². The highest BCUT2D eigenvalue weighted by molar-refractivity contribution is 6.31. The number of anilines is 1. The molecule has 0 bridgehead atoms. The Hall–Kier alpha value is -0.800. The molecule has 2 heterocycles. The van der Waals surface area contributed by atoms with E-state index in [0.29, 0.717) is 17.6 Å². The molecule has 2 N–H and O–H groups in total. The summed E-state index contributed by atoms with van der Waals surface area (Å²) in [5.41, 5.74) is 6.63. The quantitative estimate of drug-likeness (QED) is 0.863. The van der Waals surface area contributed by atoms with Crippen LogP contribution in [0.15, 0.2) is 12.3 Å². The topological polar surface area (TPSA) is 42.1 Å². The fraction of sp³-hybridized carbons (Fsp3) is 0.583. The van der Waals surface area contributed by atoms with Crippen molar-refractivity contribution in [2.45, 2.75) is 38.8 Å². The minimum absolute atomic E-state index is 0.469. The molecule has 2 rings (SSSR count). The molecule has 1 aromatic rings. The predicted molar refractivity (Wildman–Crippen MR) is 67.8 cm³/mol. The molecular weight excluding hydrogens is 222 g/mol. The van der Waals surface area contributed by atoms with Gasteiger partial charge in [0.15, 0.2) is 0 Å². The van der Waals surface area contributed by atoms with Crippen molar-refractivity contribution in [3.05, 3.63) is 22.8 Å². The van der Waals surface area contributed by atoms with Crippen LogP contribution in [0.1, 0.15) is 31.7 Å². The van der Waals surface area contributed by atoms with Crippen molar-refractivity contribution in [2.75, 3.05) is 11.4 Å². The number of pyridine rings is 1. The smallest absolute Gasteiger partial charge is 0.129 e. The number of piperidine rings is 1. The van der Waals surface area contributed by atoms with Gasteiger partial charge in [0.05, 0.1) is 5.02 Å². The Morgan fingerprint density at radius 1 is 1.56 bits per heavy atom. The maximum Gasteiger partial charge on any atom is 0.129 e. The van der Waals surface area contributed by atoms with Crippen molar-refractivity contribution in [1.29, 1.82) is 0 Å². The van der Waals surface area contributed by atoms with Crippen LogP contribution in [0.2, 0.25) is 5.02 Å². The van der Waals surface area contributed by atoms with Gasteiger partial charge in [-0.3, -0.25) is 0 Å². The Labute approximate surface area is 102 Å². The summed E-state index contributed by atoms with van der Waals surface area (Å²) in [6, 6.07) is 2.58. The van der Waals surface area contributed by atoms with Crippen LogP contribution in [-0.2, 0) is 6.54 Å². The zero-order valence-electron chi connectivity index (χ0n) is 9.62. The molecule has 1 aliphatic heterocycles. The molecule has 0 saturated carbocycles. The Kier molecular flexibility index (Phi) is 3.66.